The summed E-state index contributed by atoms with van der Waals surface area (Å²) in [7, 11) is 0. The summed E-state index contributed by atoms with van der Waals surface area (Å²) in [5, 5.41) is 23.1. The Morgan fingerprint density at radius 2 is 2.22 bits per heavy atom. The van der Waals surface area contributed by atoms with Gasteiger partial charge in [0.1, 0.15) is 13.2 Å². The van der Waals surface area contributed by atoms with E-state index in [-0.39, 0.29) is 5.56 Å². The van der Waals surface area contributed by atoms with E-state index in [0.29, 0.717) is 36.9 Å². The number of benzene rings is 1. The number of aromatic nitrogens is 2. The molecular formula is C14H13IN6O2. The number of anilines is 2. The SMILES string of the molecule is N=C1I=C(N)Nc2ncc(CNc3ccccc3C(=O)O)nc21. The number of nitrogens with two attached hydrogens (primary N) is 1. The number of carboxylic acids is 1. The second-order valence-electron chi connectivity index (χ2n) is 4.64. The zero-order valence-corrected chi connectivity index (χ0v) is 14.0. The predicted octanol–water partition coefficient (Wildman–Crippen LogP) is 1.55. The molecule has 1 aliphatic heterocycles. The quantitative estimate of drug-likeness (QED) is 0.470. The van der Waals surface area contributed by atoms with Crippen LogP contribution in [-0.4, -0.2) is 28.5 Å². The molecule has 0 radical (unpaired) electrons. The number of rotatable bonds is 4. The summed E-state index contributed by atoms with van der Waals surface area (Å²) >= 11 is -0.715. The number of hydrogen-bond donors (Lipinski definition) is 5. The molecule has 0 fully saturated rings. The molecule has 0 saturated heterocycles. The second kappa shape index (κ2) is 6.38. The number of nitrogens with one attached hydrogen (secondary N) is 3. The molecule has 0 amide bonds. The average molecular weight is 424 g/mol. The van der Waals surface area contributed by atoms with Crippen LogP contribution in [0, 0.1) is 5.41 Å². The fraction of sp³-hybridized carbons (Fsp3) is 0.0714. The van der Waals surface area contributed by atoms with Gasteiger partial charge in [0.15, 0.2) is 5.82 Å². The molecular weight excluding hydrogens is 411 g/mol. The van der Waals surface area contributed by atoms with Gasteiger partial charge in [-0.05, 0) is 32.9 Å². The summed E-state index contributed by atoms with van der Waals surface area (Å²) in [6.07, 6.45) is 1.58. The van der Waals surface area contributed by atoms with Crippen LogP contribution in [-0.2, 0) is 6.54 Å². The van der Waals surface area contributed by atoms with Crippen LogP contribution in [0.5, 0.6) is 0 Å². The van der Waals surface area contributed by atoms with Crippen molar-refractivity contribution in [3.05, 3.63) is 47.4 Å². The van der Waals surface area contributed by atoms with E-state index in [1.54, 1.807) is 24.4 Å². The third kappa shape index (κ3) is 3.35. The van der Waals surface area contributed by atoms with Crippen LogP contribution in [0.3, 0.4) is 0 Å². The summed E-state index contributed by atoms with van der Waals surface area (Å²) in [6, 6.07) is 6.66. The van der Waals surface area contributed by atoms with Crippen LogP contribution in [0.4, 0.5) is 11.5 Å². The van der Waals surface area contributed by atoms with E-state index in [0.717, 1.165) is 0 Å². The molecule has 0 atom stereocenters. The lowest BCUT2D eigenvalue weighted by molar-refractivity contribution is 0.0698. The first kappa shape index (κ1) is 15.5. The van der Waals surface area contributed by atoms with Gasteiger partial charge in [0.2, 0.25) is 0 Å². The van der Waals surface area contributed by atoms with Gasteiger partial charge in [0, 0.05) is 5.69 Å². The first-order valence-electron chi connectivity index (χ1n) is 6.60. The minimum absolute atomic E-state index is 0.195. The molecule has 1 aromatic heterocycles. The van der Waals surface area contributed by atoms with Crippen molar-refractivity contribution >= 4 is 45.7 Å². The third-order valence-corrected chi connectivity index (χ3v) is 4.98. The van der Waals surface area contributed by atoms with Gasteiger partial charge in [0.05, 0.1) is 24.0 Å². The minimum Gasteiger partial charge on any atom is -0.478 e. The van der Waals surface area contributed by atoms with Gasteiger partial charge >= 0.3 is 5.97 Å². The number of aromatic carboxylic acids is 1. The minimum atomic E-state index is -0.994. The summed E-state index contributed by atoms with van der Waals surface area (Å²) in [5.74, 6) is -0.500. The number of hydrogen-bond acceptors (Lipinski definition) is 7. The second-order valence-corrected chi connectivity index (χ2v) is 7.42. The number of halogens is 1. The Balaban J connectivity index is 1.80. The standard InChI is InChI=1S/C14H13IN6O2/c16-11-10-12(21-14(17)15-11)19-6-7(20-10)5-18-9-4-2-1-3-8(9)13(22)23/h1-4,6,16,18H,5,17H2,(H,19,21)(H,22,23). The molecule has 23 heavy (non-hydrogen) atoms. The Hall–Kier alpha value is -2.40. The fourth-order valence-corrected chi connectivity index (χ4v) is 3.65. The maximum Gasteiger partial charge on any atom is 0.337 e. The van der Waals surface area contributed by atoms with Gasteiger partial charge < -0.3 is 15.7 Å². The molecule has 8 nitrogen and oxygen atoms in total. The van der Waals surface area contributed by atoms with E-state index in [2.05, 4.69) is 20.6 Å². The lowest BCUT2D eigenvalue weighted by atomic mass is 10.2. The number of fused-ring (bicyclic) bond motifs is 1. The van der Waals surface area contributed by atoms with Crippen molar-refractivity contribution in [3.63, 3.8) is 0 Å². The number of nitrogens with zero attached hydrogens (tertiary/aromatic N) is 2. The van der Waals surface area contributed by atoms with Crippen LogP contribution in [0.15, 0.2) is 30.5 Å². The molecule has 0 saturated carbocycles. The highest BCUT2D eigenvalue weighted by Gasteiger charge is 2.17. The number of carboxylic acid groups (broad SMARTS) is 1. The average Bonchev–Trinajstić information content (AvgIpc) is 2.53. The van der Waals surface area contributed by atoms with Gasteiger partial charge in [-0.2, -0.15) is 0 Å². The summed E-state index contributed by atoms with van der Waals surface area (Å²) in [4.78, 5) is 19.8. The van der Waals surface area contributed by atoms with Gasteiger partial charge in [-0.3, -0.25) is 11.1 Å². The fourth-order valence-electron chi connectivity index (χ4n) is 2.05. The molecule has 0 unspecified atom stereocenters. The van der Waals surface area contributed by atoms with Crippen LogP contribution >= 0.6 is 20.7 Å². The van der Waals surface area contributed by atoms with Crippen LogP contribution in [0.1, 0.15) is 21.7 Å². The Kier molecular flexibility index (Phi) is 4.30. The monoisotopic (exact) mass is 424 g/mol. The zero-order valence-electron chi connectivity index (χ0n) is 11.8. The molecule has 9 heteroatoms. The Morgan fingerprint density at radius 1 is 1.43 bits per heavy atom. The molecule has 0 bridgehead atoms. The number of para-hydroxylation sites is 1. The molecule has 2 aromatic rings. The lowest BCUT2D eigenvalue weighted by Crippen LogP contribution is -2.26. The number of carbonyl (C=O) groups is 1. The van der Waals surface area contributed by atoms with E-state index < -0.39 is 26.7 Å². The van der Waals surface area contributed by atoms with Gasteiger partial charge in [0.25, 0.3) is 0 Å². The Morgan fingerprint density at radius 3 is 3.00 bits per heavy atom. The normalized spacial score (nSPS) is 13.3. The summed E-state index contributed by atoms with van der Waals surface area (Å²) < 4.78 is 0.993. The molecule has 0 spiro atoms. The maximum absolute atomic E-state index is 11.2. The third-order valence-electron chi connectivity index (χ3n) is 3.08. The Labute approximate surface area is 141 Å². The van der Waals surface area contributed by atoms with E-state index in [1.165, 1.54) is 6.07 Å². The van der Waals surface area contributed by atoms with Crippen LogP contribution in [0.25, 0.3) is 0 Å². The topological polar surface area (TPSA) is 137 Å². The first-order valence-corrected chi connectivity index (χ1v) is 8.75. The van der Waals surface area contributed by atoms with Gasteiger partial charge in [-0.25, -0.2) is 14.8 Å². The van der Waals surface area contributed by atoms with Crippen molar-refractivity contribution in [3.8, 4) is 0 Å². The van der Waals surface area contributed by atoms with E-state index in [1.807, 2.05) is 0 Å². The van der Waals surface area contributed by atoms with Crippen LogP contribution < -0.4 is 16.4 Å². The summed E-state index contributed by atoms with van der Waals surface area (Å²) in [5.41, 5.74) is 7.58. The molecule has 3 rings (SSSR count). The highest BCUT2D eigenvalue weighted by molar-refractivity contribution is 14.2. The van der Waals surface area contributed by atoms with Gasteiger partial charge in [-0.15, -0.1) is 0 Å². The molecule has 118 valence electrons. The zero-order chi connectivity index (χ0) is 16.4. The molecule has 1 aliphatic rings. The highest BCUT2D eigenvalue weighted by Crippen LogP contribution is 2.23. The van der Waals surface area contributed by atoms with Crippen molar-refractivity contribution in [1.29, 1.82) is 5.41 Å². The van der Waals surface area contributed by atoms with Crippen molar-refractivity contribution in [2.45, 2.75) is 6.54 Å². The maximum atomic E-state index is 11.2. The molecule has 1 aromatic carbocycles. The predicted molar refractivity (Wildman–Crippen MR) is 96.4 cm³/mol. The van der Waals surface area contributed by atoms with Crippen molar-refractivity contribution < 1.29 is 9.90 Å². The van der Waals surface area contributed by atoms with Crippen molar-refractivity contribution in [2.75, 3.05) is 10.6 Å². The molecule has 0 aliphatic carbocycles. The van der Waals surface area contributed by atoms with Crippen molar-refractivity contribution in [2.24, 2.45) is 5.73 Å². The first-order chi connectivity index (χ1) is 11.0. The molecule has 6 N–H and O–H groups in total. The largest absolute Gasteiger partial charge is 0.478 e. The molecule has 2 heterocycles. The smallest absolute Gasteiger partial charge is 0.337 e. The summed E-state index contributed by atoms with van der Waals surface area (Å²) in [6.45, 7) is 0.315. The van der Waals surface area contributed by atoms with Gasteiger partial charge in [-0.1, -0.05) is 12.1 Å². The van der Waals surface area contributed by atoms with E-state index in [9.17, 15) is 4.79 Å². The highest BCUT2D eigenvalue weighted by atomic mass is 127. The van der Waals surface area contributed by atoms with E-state index >= 15 is 0 Å². The Bertz CT molecular complexity index is 836. The van der Waals surface area contributed by atoms with Crippen molar-refractivity contribution in [1.82, 2.24) is 9.97 Å². The van der Waals surface area contributed by atoms with E-state index in [4.69, 9.17) is 16.2 Å². The lowest BCUT2D eigenvalue weighted by Gasteiger charge is -2.15. The van der Waals surface area contributed by atoms with Crippen LogP contribution in [0.2, 0.25) is 0 Å².